The third-order valence-electron chi connectivity index (χ3n) is 5.24. The zero-order valence-corrected chi connectivity index (χ0v) is 19.8. The first-order valence-corrected chi connectivity index (χ1v) is 11.7. The molecule has 0 heterocycles. The number of ether oxygens (including phenoxy) is 1. The van der Waals surface area contributed by atoms with Crippen LogP contribution in [0.25, 0.3) is 0 Å². The number of nitrogens with zero attached hydrogens (tertiary/aromatic N) is 1. The number of hydrogen-bond donors (Lipinski definition) is 1. The predicted octanol–water partition coefficient (Wildman–Crippen LogP) is 4.76. The molecule has 3 aromatic rings. The molecule has 168 valence electrons. The smallest absolute Gasteiger partial charge is 0.268 e. The monoisotopic (exact) mass is 452 g/mol. The van der Waals surface area contributed by atoms with E-state index in [1.807, 2.05) is 58.0 Å². The zero-order valence-electron chi connectivity index (χ0n) is 19.0. The molecule has 0 fully saturated rings. The van der Waals surface area contributed by atoms with Crippen LogP contribution < -0.4 is 14.4 Å². The summed E-state index contributed by atoms with van der Waals surface area (Å²) in [6.45, 7) is 7.14. The van der Waals surface area contributed by atoms with Crippen LogP contribution in [-0.4, -0.2) is 28.0 Å². The number of hydrogen-bond acceptors (Lipinski definition) is 4. The van der Waals surface area contributed by atoms with Crippen LogP contribution >= 0.6 is 0 Å². The molecule has 0 radical (unpaired) electrons. The molecule has 32 heavy (non-hydrogen) atoms. The topological polar surface area (TPSA) is 75.7 Å². The van der Waals surface area contributed by atoms with Crippen LogP contribution in [0.2, 0.25) is 0 Å². The van der Waals surface area contributed by atoms with Crippen molar-refractivity contribution in [2.24, 2.45) is 0 Å². The highest BCUT2D eigenvalue weighted by molar-refractivity contribution is 7.93. The molecule has 0 bridgehead atoms. The highest BCUT2D eigenvalue weighted by Crippen LogP contribution is 2.31. The van der Waals surface area contributed by atoms with Crippen molar-refractivity contribution in [1.29, 1.82) is 0 Å². The van der Waals surface area contributed by atoms with Crippen LogP contribution in [0.5, 0.6) is 5.75 Å². The molecule has 0 unspecified atom stereocenters. The van der Waals surface area contributed by atoms with Crippen molar-refractivity contribution < 1.29 is 17.9 Å². The lowest BCUT2D eigenvalue weighted by Crippen LogP contribution is -2.38. The van der Waals surface area contributed by atoms with Crippen molar-refractivity contribution in [2.75, 3.05) is 23.3 Å². The molecule has 0 saturated carbocycles. The second kappa shape index (κ2) is 9.44. The summed E-state index contributed by atoms with van der Waals surface area (Å²) in [6.07, 6.45) is 0. The van der Waals surface area contributed by atoms with E-state index in [2.05, 4.69) is 5.32 Å². The van der Waals surface area contributed by atoms with Crippen LogP contribution in [0.4, 0.5) is 11.4 Å². The number of carbonyl (C=O) groups is 1. The third-order valence-corrected chi connectivity index (χ3v) is 7.04. The molecular weight excluding hydrogens is 424 g/mol. The average molecular weight is 453 g/mol. The number of rotatable bonds is 7. The van der Waals surface area contributed by atoms with E-state index in [9.17, 15) is 13.2 Å². The fourth-order valence-corrected chi connectivity index (χ4v) is 5.12. The minimum Gasteiger partial charge on any atom is -0.495 e. The van der Waals surface area contributed by atoms with Crippen LogP contribution in [0.3, 0.4) is 0 Å². The summed E-state index contributed by atoms with van der Waals surface area (Å²) < 4.78 is 33.9. The molecule has 1 amide bonds. The largest absolute Gasteiger partial charge is 0.495 e. The number of anilines is 2. The number of amides is 1. The zero-order chi connectivity index (χ0) is 23.5. The van der Waals surface area contributed by atoms with Crippen molar-refractivity contribution in [3.63, 3.8) is 0 Å². The maximum Gasteiger partial charge on any atom is 0.268 e. The van der Waals surface area contributed by atoms with Gasteiger partial charge >= 0.3 is 0 Å². The van der Waals surface area contributed by atoms with Crippen LogP contribution in [-0.2, 0) is 14.8 Å². The van der Waals surface area contributed by atoms with Gasteiger partial charge in [0.05, 0.1) is 12.8 Å². The summed E-state index contributed by atoms with van der Waals surface area (Å²) in [5.74, 6) is -0.207. The van der Waals surface area contributed by atoms with Gasteiger partial charge in [0.25, 0.3) is 10.0 Å². The van der Waals surface area contributed by atoms with Gasteiger partial charge in [-0.25, -0.2) is 8.42 Å². The molecule has 7 heteroatoms. The number of aryl methyl sites for hydroxylation is 4. The molecular formula is C25H28N2O4S. The SMILES string of the molecule is COc1ccc(C)cc1S(=O)(=O)N(CC(=O)Nc1c(C)cccc1C)c1ccc(C)cc1. The van der Waals surface area contributed by atoms with E-state index in [1.54, 1.807) is 30.3 Å². The number of methoxy groups -OCH3 is 1. The molecule has 0 aliphatic rings. The van der Waals surface area contributed by atoms with Gasteiger partial charge in [0.2, 0.25) is 5.91 Å². The third kappa shape index (κ3) is 4.94. The second-order valence-electron chi connectivity index (χ2n) is 7.82. The second-order valence-corrected chi connectivity index (χ2v) is 9.65. The van der Waals surface area contributed by atoms with Gasteiger partial charge in [-0.2, -0.15) is 0 Å². The molecule has 0 aliphatic heterocycles. The van der Waals surface area contributed by atoms with Gasteiger partial charge in [-0.05, 0) is 68.7 Å². The van der Waals surface area contributed by atoms with Crippen molar-refractivity contribution in [1.82, 2.24) is 0 Å². The van der Waals surface area contributed by atoms with E-state index in [4.69, 9.17) is 4.74 Å². The van der Waals surface area contributed by atoms with Gasteiger partial charge in [-0.3, -0.25) is 9.10 Å². The molecule has 0 spiro atoms. The van der Waals surface area contributed by atoms with Crippen LogP contribution in [0, 0.1) is 27.7 Å². The van der Waals surface area contributed by atoms with Crippen LogP contribution in [0.15, 0.2) is 65.6 Å². The predicted molar refractivity (Wildman–Crippen MR) is 128 cm³/mol. The number of nitrogens with one attached hydrogen (secondary N) is 1. The Kier molecular flexibility index (Phi) is 6.89. The Bertz CT molecular complexity index is 1220. The molecule has 0 saturated heterocycles. The minimum absolute atomic E-state index is 0.0143. The lowest BCUT2D eigenvalue weighted by Gasteiger charge is -2.25. The quantitative estimate of drug-likeness (QED) is 0.561. The summed E-state index contributed by atoms with van der Waals surface area (Å²) >= 11 is 0. The van der Waals surface area contributed by atoms with Gasteiger partial charge in [0.15, 0.2) is 0 Å². The van der Waals surface area contributed by atoms with E-state index in [1.165, 1.54) is 7.11 Å². The molecule has 0 aliphatic carbocycles. The van der Waals surface area contributed by atoms with E-state index in [0.29, 0.717) is 11.4 Å². The van der Waals surface area contributed by atoms with Gasteiger partial charge < -0.3 is 10.1 Å². The first-order chi connectivity index (χ1) is 15.1. The van der Waals surface area contributed by atoms with Gasteiger partial charge in [0.1, 0.15) is 17.2 Å². The van der Waals surface area contributed by atoms with Gasteiger partial charge in [0, 0.05) is 5.69 Å². The van der Waals surface area contributed by atoms with Gasteiger partial charge in [-0.15, -0.1) is 0 Å². The maximum atomic E-state index is 13.7. The fourth-order valence-electron chi connectivity index (χ4n) is 3.45. The summed E-state index contributed by atoms with van der Waals surface area (Å²) in [7, 11) is -2.67. The highest BCUT2D eigenvalue weighted by atomic mass is 32.2. The number of benzene rings is 3. The van der Waals surface area contributed by atoms with Crippen molar-refractivity contribution in [3.05, 3.63) is 82.9 Å². The standard InChI is InChI=1S/C25H28N2O4S/c1-17-9-12-21(13-10-17)27(16-24(28)26-25-19(3)7-6-8-20(25)4)32(29,30)23-15-18(2)11-14-22(23)31-5/h6-15H,16H2,1-5H3,(H,26,28). The van der Waals surface area contributed by atoms with Crippen molar-refractivity contribution in [3.8, 4) is 5.75 Å². The van der Waals surface area contributed by atoms with Crippen LogP contribution in [0.1, 0.15) is 22.3 Å². The van der Waals surface area contributed by atoms with Crippen molar-refractivity contribution >= 4 is 27.3 Å². The van der Waals surface area contributed by atoms with E-state index >= 15 is 0 Å². The number of carbonyl (C=O) groups excluding carboxylic acids is 1. The first kappa shape index (κ1) is 23.3. The number of sulfonamides is 1. The highest BCUT2D eigenvalue weighted by Gasteiger charge is 2.30. The summed E-state index contributed by atoms with van der Waals surface area (Å²) in [5.41, 5.74) is 4.65. The molecule has 3 rings (SSSR count). The van der Waals surface area contributed by atoms with Gasteiger partial charge in [-0.1, -0.05) is 42.0 Å². The lowest BCUT2D eigenvalue weighted by molar-refractivity contribution is -0.114. The van der Waals surface area contributed by atoms with E-state index in [-0.39, 0.29) is 17.2 Å². The van der Waals surface area contributed by atoms with E-state index < -0.39 is 15.9 Å². The average Bonchev–Trinajstić information content (AvgIpc) is 2.75. The fraction of sp³-hybridized carbons (Fsp3) is 0.240. The molecule has 0 atom stereocenters. The maximum absolute atomic E-state index is 13.7. The summed E-state index contributed by atoms with van der Waals surface area (Å²) in [5, 5.41) is 2.88. The molecule has 6 nitrogen and oxygen atoms in total. The Labute approximate surface area is 189 Å². The summed E-state index contributed by atoms with van der Waals surface area (Å²) in [4.78, 5) is 13.0. The first-order valence-electron chi connectivity index (χ1n) is 10.2. The summed E-state index contributed by atoms with van der Waals surface area (Å²) in [6, 6.07) is 17.7. The van der Waals surface area contributed by atoms with Crippen molar-refractivity contribution in [2.45, 2.75) is 32.6 Å². The Morgan fingerprint density at radius 3 is 2.09 bits per heavy atom. The normalized spacial score (nSPS) is 11.2. The molecule has 0 aromatic heterocycles. The number of para-hydroxylation sites is 1. The minimum atomic E-state index is -4.09. The Morgan fingerprint density at radius 2 is 1.50 bits per heavy atom. The Morgan fingerprint density at radius 1 is 0.906 bits per heavy atom. The molecule has 1 N–H and O–H groups in total. The lowest BCUT2D eigenvalue weighted by atomic mass is 10.1. The molecule has 3 aromatic carbocycles. The Hall–Kier alpha value is -3.32. The Balaban J connectivity index is 2.04. The van der Waals surface area contributed by atoms with E-state index in [0.717, 1.165) is 26.6 Å².